The highest BCUT2D eigenvalue weighted by atomic mass is 16.5. The van der Waals surface area contributed by atoms with E-state index in [0.29, 0.717) is 0 Å². The summed E-state index contributed by atoms with van der Waals surface area (Å²) in [4.78, 5) is 2.30. The average Bonchev–Trinajstić information content (AvgIpc) is 2.55. The van der Waals surface area contributed by atoms with Gasteiger partial charge in [0.2, 0.25) is 0 Å². The van der Waals surface area contributed by atoms with E-state index in [4.69, 9.17) is 4.74 Å². The molecule has 0 aliphatic rings. The third-order valence-corrected chi connectivity index (χ3v) is 3.33. The summed E-state index contributed by atoms with van der Waals surface area (Å²) in [5.41, 5.74) is 2.87. The van der Waals surface area contributed by atoms with Gasteiger partial charge in [-0.1, -0.05) is 0 Å². The Morgan fingerprint density at radius 3 is 1.71 bits per heavy atom. The maximum atomic E-state index is 5.11. The average molecular weight is 283 g/mol. The van der Waals surface area contributed by atoms with Crippen molar-refractivity contribution in [1.82, 2.24) is 0 Å². The lowest BCUT2D eigenvalue weighted by atomic mass is 10.2. The van der Waals surface area contributed by atoms with Crippen LogP contribution in [0.1, 0.15) is 13.8 Å². The molecule has 0 N–H and O–H groups in total. The van der Waals surface area contributed by atoms with E-state index in [2.05, 4.69) is 41.1 Å². The summed E-state index contributed by atoms with van der Waals surface area (Å²) in [6, 6.07) is 15.6. The molecule has 0 saturated carbocycles. The SMILES string of the molecule is CCN(CC)c1ccc(N=Nc2ccc(OC)cc2)cc1. The third kappa shape index (κ3) is 4.05. The van der Waals surface area contributed by atoms with Crippen LogP contribution in [0.4, 0.5) is 17.1 Å². The molecule has 4 nitrogen and oxygen atoms in total. The first kappa shape index (κ1) is 15.0. The van der Waals surface area contributed by atoms with Crippen molar-refractivity contribution < 1.29 is 4.74 Å². The zero-order chi connectivity index (χ0) is 15.1. The van der Waals surface area contributed by atoms with Crippen molar-refractivity contribution in [2.45, 2.75) is 13.8 Å². The maximum absolute atomic E-state index is 5.11. The fourth-order valence-corrected chi connectivity index (χ4v) is 2.08. The first-order chi connectivity index (χ1) is 10.3. The normalized spacial score (nSPS) is 10.8. The molecule has 0 aromatic heterocycles. The molecule has 2 aromatic rings. The first-order valence-electron chi connectivity index (χ1n) is 7.17. The van der Waals surface area contributed by atoms with Crippen LogP contribution >= 0.6 is 0 Å². The fraction of sp³-hybridized carbons (Fsp3) is 0.294. The predicted octanol–water partition coefficient (Wildman–Crippen LogP) is 4.96. The van der Waals surface area contributed by atoms with Crippen LogP contribution in [0, 0.1) is 0 Å². The molecule has 0 aliphatic heterocycles. The lowest BCUT2D eigenvalue weighted by Crippen LogP contribution is -2.21. The van der Waals surface area contributed by atoms with E-state index in [-0.39, 0.29) is 0 Å². The van der Waals surface area contributed by atoms with Crippen molar-refractivity contribution in [2.24, 2.45) is 10.2 Å². The van der Waals surface area contributed by atoms with E-state index in [0.717, 1.165) is 30.2 Å². The van der Waals surface area contributed by atoms with E-state index in [9.17, 15) is 0 Å². The van der Waals surface area contributed by atoms with E-state index >= 15 is 0 Å². The molecule has 0 spiro atoms. The lowest BCUT2D eigenvalue weighted by Gasteiger charge is -2.20. The smallest absolute Gasteiger partial charge is 0.119 e. The molecule has 0 saturated heterocycles. The minimum absolute atomic E-state index is 0.809. The Morgan fingerprint density at radius 1 is 0.810 bits per heavy atom. The Balaban J connectivity index is 2.06. The van der Waals surface area contributed by atoms with E-state index in [1.807, 2.05) is 36.4 Å². The van der Waals surface area contributed by atoms with Gasteiger partial charge in [0.05, 0.1) is 18.5 Å². The Bertz CT molecular complexity index is 572. The van der Waals surface area contributed by atoms with Crippen LogP contribution in [0.15, 0.2) is 58.8 Å². The molecule has 0 bridgehead atoms. The zero-order valence-electron chi connectivity index (χ0n) is 12.8. The molecular weight excluding hydrogens is 262 g/mol. The van der Waals surface area contributed by atoms with Crippen LogP contribution < -0.4 is 9.64 Å². The van der Waals surface area contributed by atoms with Gasteiger partial charge in [0.15, 0.2) is 0 Å². The van der Waals surface area contributed by atoms with Crippen molar-refractivity contribution in [3.8, 4) is 5.75 Å². The van der Waals surface area contributed by atoms with E-state index in [1.54, 1.807) is 7.11 Å². The molecule has 21 heavy (non-hydrogen) atoms. The van der Waals surface area contributed by atoms with Gasteiger partial charge in [0, 0.05) is 18.8 Å². The van der Waals surface area contributed by atoms with Gasteiger partial charge in [0.1, 0.15) is 5.75 Å². The van der Waals surface area contributed by atoms with Crippen molar-refractivity contribution >= 4 is 17.1 Å². The van der Waals surface area contributed by atoms with E-state index < -0.39 is 0 Å². The van der Waals surface area contributed by atoms with Gasteiger partial charge in [-0.2, -0.15) is 10.2 Å². The third-order valence-electron chi connectivity index (χ3n) is 3.33. The molecule has 0 atom stereocenters. The predicted molar refractivity (Wildman–Crippen MR) is 87.2 cm³/mol. The highest BCUT2D eigenvalue weighted by molar-refractivity contribution is 5.52. The zero-order valence-corrected chi connectivity index (χ0v) is 12.8. The van der Waals surface area contributed by atoms with Crippen LogP contribution in [-0.4, -0.2) is 20.2 Å². The Hall–Kier alpha value is -2.36. The van der Waals surface area contributed by atoms with E-state index in [1.165, 1.54) is 5.69 Å². The Labute approximate surface area is 126 Å². The van der Waals surface area contributed by atoms with Crippen LogP contribution in [0.5, 0.6) is 5.75 Å². The minimum atomic E-state index is 0.809. The number of anilines is 1. The molecule has 0 radical (unpaired) electrons. The molecular formula is C17H21N3O. The summed E-state index contributed by atoms with van der Waals surface area (Å²) < 4.78 is 5.11. The summed E-state index contributed by atoms with van der Waals surface area (Å²) in [7, 11) is 1.65. The molecule has 4 heteroatoms. The molecule has 0 unspecified atom stereocenters. The second kappa shape index (κ2) is 7.43. The monoisotopic (exact) mass is 283 g/mol. The maximum Gasteiger partial charge on any atom is 0.119 e. The molecule has 2 aromatic carbocycles. The van der Waals surface area contributed by atoms with Crippen molar-refractivity contribution in [3.63, 3.8) is 0 Å². The quantitative estimate of drug-likeness (QED) is 0.703. The fourth-order valence-electron chi connectivity index (χ4n) is 2.08. The molecule has 0 aliphatic carbocycles. The van der Waals surface area contributed by atoms with Gasteiger partial charge in [-0.3, -0.25) is 0 Å². The van der Waals surface area contributed by atoms with Crippen LogP contribution in [0.3, 0.4) is 0 Å². The number of azo groups is 1. The van der Waals surface area contributed by atoms with Crippen molar-refractivity contribution in [2.75, 3.05) is 25.1 Å². The van der Waals surface area contributed by atoms with Gasteiger partial charge in [0.25, 0.3) is 0 Å². The first-order valence-corrected chi connectivity index (χ1v) is 7.17. The number of benzene rings is 2. The van der Waals surface area contributed by atoms with Gasteiger partial charge in [-0.05, 0) is 62.4 Å². The largest absolute Gasteiger partial charge is 0.497 e. The lowest BCUT2D eigenvalue weighted by molar-refractivity contribution is 0.415. The minimum Gasteiger partial charge on any atom is -0.497 e. The second-order valence-corrected chi connectivity index (χ2v) is 4.59. The number of ether oxygens (including phenoxy) is 1. The summed E-state index contributed by atoms with van der Waals surface area (Å²) in [5, 5.41) is 8.47. The summed E-state index contributed by atoms with van der Waals surface area (Å²) in [6.45, 7) is 6.31. The molecule has 0 fully saturated rings. The highest BCUT2D eigenvalue weighted by Gasteiger charge is 2.00. The number of hydrogen-bond donors (Lipinski definition) is 0. The standard InChI is InChI=1S/C17H21N3O/c1-4-20(5-2)16-10-6-14(7-11-16)18-19-15-8-12-17(21-3)13-9-15/h6-13H,4-5H2,1-3H3. The topological polar surface area (TPSA) is 37.2 Å². The van der Waals surface area contributed by atoms with Crippen LogP contribution in [0.25, 0.3) is 0 Å². The number of rotatable bonds is 6. The van der Waals surface area contributed by atoms with Gasteiger partial charge in [-0.25, -0.2) is 0 Å². The summed E-state index contributed by atoms with van der Waals surface area (Å²) in [5.74, 6) is 0.817. The molecule has 110 valence electrons. The van der Waals surface area contributed by atoms with Crippen LogP contribution in [-0.2, 0) is 0 Å². The Kier molecular flexibility index (Phi) is 5.32. The van der Waals surface area contributed by atoms with Crippen molar-refractivity contribution in [3.05, 3.63) is 48.5 Å². The Morgan fingerprint density at radius 2 is 1.29 bits per heavy atom. The van der Waals surface area contributed by atoms with Crippen molar-refractivity contribution in [1.29, 1.82) is 0 Å². The number of nitrogens with zero attached hydrogens (tertiary/aromatic N) is 3. The molecule has 0 amide bonds. The highest BCUT2D eigenvalue weighted by Crippen LogP contribution is 2.23. The van der Waals surface area contributed by atoms with Crippen LogP contribution in [0.2, 0.25) is 0 Å². The van der Waals surface area contributed by atoms with Gasteiger partial charge >= 0.3 is 0 Å². The number of hydrogen-bond acceptors (Lipinski definition) is 4. The van der Waals surface area contributed by atoms with Gasteiger partial charge in [-0.15, -0.1) is 0 Å². The molecule has 0 heterocycles. The van der Waals surface area contributed by atoms with Gasteiger partial charge < -0.3 is 9.64 Å². The summed E-state index contributed by atoms with van der Waals surface area (Å²) in [6.07, 6.45) is 0. The number of methoxy groups -OCH3 is 1. The molecule has 2 rings (SSSR count). The summed E-state index contributed by atoms with van der Waals surface area (Å²) >= 11 is 0. The second-order valence-electron chi connectivity index (χ2n) is 4.59.